The van der Waals surface area contributed by atoms with Crippen molar-refractivity contribution in [2.75, 3.05) is 5.32 Å². The molecular formula is C20H22F3NO2. The smallest absolute Gasteiger partial charge is 0.420 e. The number of halogens is 3. The standard InChI is InChI=1S/C20H22F3NO2/c1-13(2)26-17-11-10-15(12-16(17)20(21,22)23)24-18(25)19(3,4)14-8-6-5-7-9-14/h5-13H,1-4H3,(H,24,25). The molecule has 0 heterocycles. The molecule has 3 nitrogen and oxygen atoms in total. The van der Waals surface area contributed by atoms with E-state index in [1.54, 1.807) is 39.8 Å². The highest BCUT2D eigenvalue weighted by Gasteiger charge is 2.36. The number of carbonyl (C=O) groups is 1. The van der Waals surface area contributed by atoms with Gasteiger partial charge >= 0.3 is 6.18 Å². The van der Waals surface area contributed by atoms with Gasteiger partial charge in [-0.05, 0) is 51.5 Å². The Kier molecular flexibility index (Phi) is 5.64. The van der Waals surface area contributed by atoms with E-state index in [0.29, 0.717) is 0 Å². The van der Waals surface area contributed by atoms with Crippen molar-refractivity contribution in [2.24, 2.45) is 0 Å². The van der Waals surface area contributed by atoms with Gasteiger partial charge in [0.2, 0.25) is 5.91 Å². The Morgan fingerprint density at radius 1 is 1.04 bits per heavy atom. The summed E-state index contributed by atoms with van der Waals surface area (Å²) in [5.74, 6) is -0.651. The van der Waals surface area contributed by atoms with E-state index in [4.69, 9.17) is 4.74 Å². The molecule has 140 valence electrons. The molecule has 1 amide bonds. The van der Waals surface area contributed by atoms with E-state index in [0.717, 1.165) is 11.6 Å². The highest BCUT2D eigenvalue weighted by molar-refractivity contribution is 5.98. The van der Waals surface area contributed by atoms with Crippen LogP contribution < -0.4 is 10.1 Å². The van der Waals surface area contributed by atoms with Crippen molar-refractivity contribution in [3.63, 3.8) is 0 Å². The molecule has 0 fully saturated rings. The summed E-state index contributed by atoms with van der Waals surface area (Å²) in [5, 5.41) is 2.58. The largest absolute Gasteiger partial charge is 0.490 e. The maximum atomic E-state index is 13.3. The normalized spacial score (nSPS) is 12.2. The molecule has 0 aliphatic carbocycles. The highest BCUT2D eigenvalue weighted by Crippen LogP contribution is 2.38. The minimum absolute atomic E-state index is 0.0717. The zero-order valence-electron chi connectivity index (χ0n) is 15.1. The number of rotatable bonds is 5. The Hall–Kier alpha value is -2.50. The predicted octanol–water partition coefficient (Wildman–Crippen LogP) is 5.41. The number of nitrogens with one attached hydrogen (secondary N) is 1. The summed E-state index contributed by atoms with van der Waals surface area (Å²) in [7, 11) is 0. The Labute approximate surface area is 151 Å². The second-order valence-electron chi connectivity index (χ2n) is 6.82. The first-order valence-electron chi connectivity index (χ1n) is 8.26. The molecule has 0 aromatic heterocycles. The first-order valence-corrected chi connectivity index (χ1v) is 8.26. The zero-order valence-corrected chi connectivity index (χ0v) is 15.1. The van der Waals surface area contributed by atoms with Crippen LogP contribution in [0.1, 0.15) is 38.8 Å². The molecule has 0 aliphatic rings. The molecule has 0 radical (unpaired) electrons. The molecule has 1 N–H and O–H groups in total. The van der Waals surface area contributed by atoms with Crippen LogP contribution in [0.2, 0.25) is 0 Å². The molecule has 2 rings (SSSR count). The van der Waals surface area contributed by atoms with Gasteiger partial charge in [-0.1, -0.05) is 30.3 Å². The van der Waals surface area contributed by atoms with E-state index >= 15 is 0 Å². The van der Waals surface area contributed by atoms with Gasteiger partial charge in [0.15, 0.2) is 0 Å². The second-order valence-corrected chi connectivity index (χ2v) is 6.82. The molecule has 0 spiro atoms. The lowest BCUT2D eigenvalue weighted by molar-refractivity contribution is -0.139. The van der Waals surface area contributed by atoms with Crippen molar-refractivity contribution in [2.45, 2.75) is 45.4 Å². The third-order valence-corrected chi connectivity index (χ3v) is 3.97. The SMILES string of the molecule is CC(C)Oc1ccc(NC(=O)C(C)(C)c2ccccc2)cc1C(F)(F)F. The van der Waals surface area contributed by atoms with Crippen LogP contribution in [-0.4, -0.2) is 12.0 Å². The summed E-state index contributed by atoms with van der Waals surface area (Å²) in [5.41, 5.74) is -0.968. The van der Waals surface area contributed by atoms with Gasteiger partial charge in [0.25, 0.3) is 0 Å². The maximum absolute atomic E-state index is 13.3. The number of anilines is 1. The van der Waals surface area contributed by atoms with Crippen molar-refractivity contribution >= 4 is 11.6 Å². The third kappa shape index (κ3) is 4.56. The van der Waals surface area contributed by atoms with Gasteiger partial charge in [0, 0.05) is 5.69 Å². The zero-order chi connectivity index (χ0) is 19.5. The topological polar surface area (TPSA) is 38.3 Å². The fraction of sp³-hybridized carbons (Fsp3) is 0.350. The molecule has 0 saturated carbocycles. The van der Waals surface area contributed by atoms with Crippen LogP contribution in [0.25, 0.3) is 0 Å². The van der Waals surface area contributed by atoms with E-state index in [9.17, 15) is 18.0 Å². The summed E-state index contributed by atoms with van der Waals surface area (Å²) in [6.45, 7) is 6.74. The van der Waals surface area contributed by atoms with Crippen LogP contribution in [0.4, 0.5) is 18.9 Å². The predicted molar refractivity (Wildman–Crippen MR) is 95.3 cm³/mol. The van der Waals surface area contributed by atoms with Crippen molar-refractivity contribution in [1.82, 2.24) is 0 Å². The van der Waals surface area contributed by atoms with Crippen LogP contribution in [-0.2, 0) is 16.4 Å². The lowest BCUT2D eigenvalue weighted by Gasteiger charge is -2.25. The Bertz CT molecular complexity index is 768. The minimum Gasteiger partial charge on any atom is -0.490 e. The minimum atomic E-state index is -4.58. The molecule has 0 bridgehead atoms. The third-order valence-electron chi connectivity index (χ3n) is 3.97. The number of hydrogen-bond donors (Lipinski definition) is 1. The summed E-state index contributed by atoms with van der Waals surface area (Å²) in [6, 6.07) is 12.6. The Morgan fingerprint density at radius 3 is 2.19 bits per heavy atom. The van der Waals surface area contributed by atoms with Crippen LogP contribution in [0, 0.1) is 0 Å². The average Bonchev–Trinajstić information content (AvgIpc) is 2.55. The number of amides is 1. The van der Waals surface area contributed by atoms with Gasteiger partial charge in [0.1, 0.15) is 5.75 Å². The van der Waals surface area contributed by atoms with Gasteiger partial charge in [0.05, 0.1) is 17.1 Å². The lowest BCUT2D eigenvalue weighted by Crippen LogP contribution is -2.34. The van der Waals surface area contributed by atoms with E-state index in [1.165, 1.54) is 12.1 Å². The van der Waals surface area contributed by atoms with Crippen molar-refractivity contribution < 1.29 is 22.7 Å². The van der Waals surface area contributed by atoms with Crippen LogP contribution in [0.15, 0.2) is 48.5 Å². The Balaban J connectivity index is 2.30. The highest BCUT2D eigenvalue weighted by atomic mass is 19.4. The van der Waals surface area contributed by atoms with Crippen LogP contribution in [0.3, 0.4) is 0 Å². The van der Waals surface area contributed by atoms with Gasteiger partial charge in [-0.15, -0.1) is 0 Å². The number of hydrogen-bond acceptors (Lipinski definition) is 2. The number of benzene rings is 2. The maximum Gasteiger partial charge on any atom is 0.420 e. The molecule has 0 aliphatic heterocycles. The van der Waals surface area contributed by atoms with E-state index in [2.05, 4.69) is 5.32 Å². The van der Waals surface area contributed by atoms with Crippen LogP contribution in [0.5, 0.6) is 5.75 Å². The quantitative estimate of drug-likeness (QED) is 0.769. The summed E-state index contributed by atoms with van der Waals surface area (Å²) >= 11 is 0. The molecule has 0 atom stereocenters. The van der Waals surface area contributed by atoms with Gasteiger partial charge in [-0.2, -0.15) is 13.2 Å². The van der Waals surface area contributed by atoms with Crippen molar-refractivity contribution in [1.29, 1.82) is 0 Å². The molecule has 2 aromatic rings. The number of ether oxygens (including phenoxy) is 1. The van der Waals surface area contributed by atoms with Crippen molar-refractivity contribution in [3.8, 4) is 5.75 Å². The molecule has 26 heavy (non-hydrogen) atoms. The molecule has 6 heteroatoms. The fourth-order valence-electron chi connectivity index (χ4n) is 2.46. The number of carbonyl (C=O) groups excluding carboxylic acids is 1. The molecular weight excluding hydrogens is 343 g/mol. The summed E-state index contributed by atoms with van der Waals surface area (Å²) in [6.07, 6.45) is -4.98. The molecule has 0 unspecified atom stereocenters. The monoisotopic (exact) mass is 365 g/mol. The molecule has 0 saturated heterocycles. The van der Waals surface area contributed by atoms with E-state index < -0.39 is 29.2 Å². The van der Waals surface area contributed by atoms with Gasteiger partial charge < -0.3 is 10.1 Å². The van der Waals surface area contributed by atoms with Gasteiger partial charge in [-0.3, -0.25) is 4.79 Å². The van der Waals surface area contributed by atoms with Crippen LogP contribution >= 0.6 is 0 Å². The fourth-order valence-corrected chi connectivity index (χ4v) is 2.46. The summed E-state index contributed by atoms with van der Waals surface area (Å²) in [4.78, 5) is 12.6. The average molecular weight is 365 g/mol. The lowest BCUT2D eigenvalue weighted by atomic mass is 9.83. The first-order chi connectivity index (χ1) is 12.0. The van der Waals surface area contributed by atoms with E-state index in [1.807, 2.05) is 18.2 Å². The molecule has 2 aromatic carbocycles. The first kappa shape index (κ1) is 19.8. The number of alkyl halides is 3. The van der Waals surface area contributed by atoms with Crippen molar-refractivity contribution in [3.05, 3.63) is 59.7 Å². The van der Waals surface area contributed by atoms with Gasteiger partial charge in [-0.25, -0.2) is 0 Å². The van der Waals surface area contributed by atoms with E-state index in [-0.39, 0.29) is 11.4 Å². The Morgan fingerprint density at radius 2 is 1.65 bits per heavy atom. The summed E-state index contributed by atoms with van der Waals surface area (Å²) < 4.78 is 45.2. The second kappa shape index (κ2) is 7.40.